The quantitative estimate of drug-likeness (QED) is 0.208. The number of nitrogens with one attached hydrogen (secondary N) is 1. The fourth-order valence-electron chi connectivity index (χ4n) is 3.57. The van der Waals surface area contributed by atoms with E-state index in [9.17, 15) is 13.6 Å². The smallest absolute Gasteiger partial charge is 0.338 e. The van der Waals surface area contributed by atoms with E-state index in [1.54, 1.807) is 12.5 Å². The lowest BCUT2D eigenvalue weighted by atomic mass is 9.94. The molecule has 1 fully saturated rings. The van der Waals surface area contributed by atoms with Crippen LogP contribution in [-0.4, -0.2) is 48.5 Å². The summed E-state index contributed by atoms with van der Waals surface area (Å²) in [6.07, 6.45) is 0.432. The zero-order chi connectivity index (χ0) is 22.7. The molecule has 0 amide bonds. The summed E-state index contributed by atoms with van der Waals surface area (Å²) in [5, 5.41) is 7.27. The number of fused-ring (bicyclic) bond motifs is 1. The summed E-state index contributed by atoms with van der Waals surface area (Å²) in [6, 6.07) is 1.16. The number of hydrogen-bond donors (Lipinski definition) is 2. The number of nitrogens with zero attached hydrogens (tertiary/aromatic N) is 3. The Labute approximate surface area is 192 Å². The molecule has 12 heteroatoms. The van der Waals surface area contributed by atoms with Crippen LogP contribution in [0.25, 0.3) is 0 Å². The minimum atomic E-state index is -1.21. The standard InChI is InChI=1S/C19H20ClF2N5O2S2/c1-4-30-18(24-2)17-25-16(10-5-6-11(21)15(22)14(10)20)13(19(28)29-3)12-7-9(26-31-23)8-27(12)17/h4-6,9,16,26H,1,7-8,23H2,2-3H3/t9-,16+/m0/s1. The van der Waals surface area contributed by atoms with Gasteiger partial charge in [0.25, 0.3) is 0 Å². The van der Waals surface area contributed by atoms with E-state index >= 15 is 0 Å². The van der Waals surface area contributed by atoms with Crippen molar-refractivity contribution in [2.24, 2.45) is 15.1 Å². The predicted molar refractivity (Wildman–Crippen MR) is 122 cm³/mol. The maximum absolute atomic E-state index is 14.3. The van der Waals surface area contributed by atoms with Crippen LogP contribution in [0.5, 0.6) is 0 Å². The van der Waals surface area contributed by atoms with Crippen LogP contribution < -0.4 is 9.86 Å². The lowest BCUT2D eigenvalue weighted by molar-refractivity contribution is -0.136. The highest BCUT2D eigenvalue weighted by Gasteiger charge is 2.42. The number of hydrogen-bond acceptors (Lipinski definition) is 9. The van der Waals surface area contributed by atoms with Crippen LogP contribution in [0.1, 0.15) is 18.0 Å². The molecule has 2 aliphatic rings. The van der Waals surface area contributed by atoms with Gasteiger partial charge >= 0.3 is 5.97 Å². The highest BCUT2D eigenvalue weighted by Crippen LogP contribution is 2.43. The Morgan fingerprint density at radius 3 is 2.87 bits per heavy atom. The number of thioether (sulfide) groups is 1. The van der Waals surface area contributed by atoms with Crippen molar-refractivity contribution in [3.05, 3.63) is 57.6 Å². The van der Waals surface area contributed by atoms with Crippen LogP contribution in [0.4, 0.5) is 8.78 Å². The second kappa shape index (κ2) is 10.1. The number of aliphatic imine (C=N–C) groups is 2. The normalized spacial score (nSPS) is 21.2. The molecule has 0 saturated carbocycles. The molecule has 0 radical (unpaired) electrons. The molecule has 3 N–H and O–H groups in total. The third kappa shape index (κ3) is 4.51. The van der Waals surface area contributed by atoms with Crippen LogP contribution in [0.2, 0.25) is 5.02 Å². The van der Waals surface area contributed by atoms with Gasteiger partial charge in [0.05, 0.1) is 17.7 Å². The molecule has 2 atom stereocenters. The van der Waals surface area contributed by atoms with Gasteiger partial charge in [-0.3, -0.25) is 15.1 Å². The molecule has 31 heavy (non-hydrogen) atoms. The lowest BCUT2D eigenvalue weighted by Gasteiger charge is -2.32. The lowest BCUT2D eigenvalue weighted by Crippen LogP contribution is -2.39. The van der Waals surface area contributed by atoms with Gasteiger partial charge in [0, 0.05) is 49.4 Å². The molecule has 0 aromatic heterocycles. The number of methoxy groups -OCH3 is 1. The summed E-state index contributed by atoms with van der Waals surface area (Å²) >= 11 is 8.36. The molecule has 2 aliphatic heterocycles. The highest BCUT2D eigenvalue weighted by atomic mass is 35.5. The van der Waals surface area contributed by atoms with Crippen LogP contribution in [0.3, 0.4) is 0 Å². The van der Waals surface area contributed by atoms with Gasteiger partial charge < -0.3 is 9.64 Å². The molecular formula is C19H20ClF2N5O2S2. The van der Waals surface area contributed by atoms with E-state index < -0.39 is 28.7 Å². The Hall–Kier alpha value is -1.92. The number of ether oxygens (including phenoxy) is 1. The monoisotopic (exact) mass is 487 g/mol. The number of esters is 1. The van der Waals surface area contributed by atoms with E-state index in [0.29, 0.717) is 29.5 Å². The van der Waals surface area contributed by atoms with Crippen LogP contribution in [-0.2, 0) is 9.53 Å². The van der Waals surface area contributed by atoms with Gasteiger partial charge in [-0.05, 0) is 11.5 Å². The van der Waals surface area contributed by atoms with E-state index in [2.05, 4.69) is 16.3 Å². The van der Waals surface area contributed by atoms with Crippen molar-refractivity contribution in [3.8, 4) is 0 Å². The third-order valence-electron chi connectivity index (χ3n) is 4.85. The van der Waals surface area contributed by atoms with Crippen LogP contribution >= 0.6 is 35.5 Å². The van der Waals surface area contributed by atoms with Crippen molar-refractivity contribution >= 4 is 52.3 Å². The molecule has 7 nitrogen and oxygen atoms in total. The van der Waals surface area contributed by atoms with E-state index in [1.807, 2.05) is 4.90 Å². The Morgan fingerprint density at radius 1 is 1.52 bits per heavy atom. The minimum absolute atomic E-state index is 0.0964. The number of carbonyl (C=O) groups is 1. The van der Waals surface area contributed by atoms with Gasteiger partial charge in [-0.2, -0.15) is 0 Å². The molecule has 1 aromatic carbocycles. The molecule has 2 heterocycles. The number of benzene rings is 1. The van der Waals surface area contributed by atoms with Crippen molar-refractivity contribution < 1.29 is 18.3 Å². The average Bonchev–Trinajstić information content (AvgIpc) is 3.18. The van der Waals surface area contributed by atoms with Crippen LogP contribution in [0.15, 0.2) is 45.4 Å². The fourth-order valence-corrected chi connectivity index (χ4v) is 4.71. The molecule has 166 valence electrons. The number of carbonyl (C=O) groups excluding carboxylic acids is 1. The molecule has 0 aliphatic carbocycles. The second-order valence-electron chi connectivity index (χ2n) is 6.53. The summed E-state index contributed by atoms with van der Waals surface area (Å²) in [5.41, 5.74) is 0.971. The molecular weight excluding hydrogens is 468 g/mol. The summed E-state index contributed by atoms with van der Waals surface area (Å²) in [6.45, 7) is 4.19. The highest BCUT2D eigenvalue weighted by molar-refractivity contribution is 8.18. The largest absolute Gasteiger partial charge is 0.466 e. The Morgan fingerprint density at radius 2 is 2.26 bits per heavy atom. The molecule has 1 saturated heterocycles. The van der Waals surface area contributed by atoms with Gasteiger partial charge in [-0.15, -0.1) is 0 Å². The molecule has 0 bridgehead atoms. The van der Waals surface area contributed by atoms with E-state index in [1.165, 1.54) is 24.9 Å². The summed E-state index contributed by atoms with van der Waals surface area (Å²) < 4.78 is 36.0. The van der Waals surface area contributed by atoms with Gasteiger partial charge in [0.2, 0.25) is 0 Å². The van der Waals surface area contributed by atoms with E-state index in [0.717, 1.165) is 18.2 Å². The number of nitrogens with two attached hydrogens (primary N) is 1. The first-order chi connectivity index (χ1) is 14.9. The first kappa shape index (κ1) is 23.7. The zero-order valence-electron chi connectivity index (χ0n) is 16.7. The molecule has 3 rings (SSSR count). The second-order valence-corrected chi connectivity index (χ2v) is 8.34. The zero-order valence-corrected chi connectivity index (χ0v) is 19.1. The van der Waals surface area contributed by atoms with E-state index in [4.69, 9.17) is 26.5 Å². The Balaban J connectivity index is 2.25. The SMILES string of the molecule is C=CSC(=NC)C1=N[C@H](c2ccc(F)c(F)c2Cl)C(C(=O)OC)=C2C[C@H](NSN)CN12. The first-order valence-electron chi connectivity index (χ1n) is 9.03. The minimum Gasteiger partial charge on any atom is -0.466 e. The average molecular weight is 488 g/mol. The van der Waals surface area contributed by atoms with Gasteiger partial charge in [-0.25, -0.2) is 18.3 Å². The number of amidine groups is 1. The maximum atomic E-state index is 14.3. The summed E-state index contributed by atoms with van der Waals surface area (Å²) in [7, 11) is 2.85. The Bertz CT molecular complexity index is 1000. The van der Waals surface area contributed by atoms with Gasteiger partial charge in [0.15, 0.2) is 17.5 Å². The van der Waals surface area contributed by atoms with Gasteiger partial charge in [0.1, 0.15) is 11.1 Å². The Kier molecular flexibility index (Phi) is 7.76. The van der Waals surface area contributed by atoms with E-state index in [-0.39, 0.29) is 17.2 Å². The van der Waals surface area contributed by atoms with Gasteiger partial charge in [-0.1, -0.05) is 36.0 Å². The third-order valence-corrected chi connectivity index (χ3v) is 6.46. The topological polar surface area (TPSA) is 92.3 Å². The van der Waals surface area contributed by atoms with Crippen molar-refractivity contribution in [3.63, 3.8) is 0 Å². The molecule has 0 unspecified atom stereocenters. The van der Waals surface area contributed by atoms with Crippen molar-refractivity contribution in [2.75, 3.05) is 20.7 Å². The maximum Gasteiger partial charge on any atom is 0.338 e. The number of rotatable bonds is 6. The van der Waals surface area contributed by atoms with Crippen molar-refractivity contribution in [1.82, 2.24) is 9.62 Å². The fraction of sp³-hybridized carbons (Fsp3) is 0.316. The predicted octanol–water partition coefficient (Wildman–Crippen LogP) is 3.59. The van der Waals surface area contributed by atoms with Crippen LogP contribution in [0, 0.1) is 11.6 Å². The van der Waals surface area contributed by atoms with Crippen molar-refractivity contribution in [2.45, 2.75) is 18.5 Å². The molecule has 0 spiro atoms. The summed E-state index contributed by atoms with van der Waals surface area (Å²) in [4.78, 5) is 23.6. The first-order valence-corrected chi connectivity index (χ1v) is 11.2. The molecule has 1 aromatic rings. The summed E-state index contributed by atoms with van der Waals surface area (Å²) in [5.74, 6) is -2.47. The van der Waals surface area contributed by atoms with Crippen molar-refractivity contribution in [1.29, 1.82) is 0 Å². The number of halogens is 3.